The molecule has 2 aliphatic rings. The van der Waals surface area contributed by atoms with Crippen molar-refractivity contribution in [2.45, 2.75) is 19.4 Å². The maximum absolute atomic E-state index is 13.1. The molecule has 5 nitrogen and oxygen atoms in total. The van der Waals surface area contributed by atoms with E-state index in [4.69, 9.17) is 4.74 Å². The van der Waals surface area contributed by atoms with Gasteiger partial charge < -0.3 is 19.9 Å². The lowest BCUT2D eigenvalue weighted by atomic mass is 10.1. The summed E-state index contributed by atoms with van der Waals surface area (Å²) in [6, 6.07) is 12.8. The summed E-state index contributed by atoms with van der Waals surface area (Å²) in [5.74, 6) is 0.964. The predicted octanol–water partition coefficient (Wildman–Crippen LogP) is 2.59. The van der Waals surface area contributed by atoms with Crippen LogP contribution in [0.15, 0.2) is 42.5 Å². The van der Waals surface area contributed by atoms with Gasteiger partial charge >= 0.3 is 0 Å². The van der Waals surface area contributed by atoms with Crippen LogP contribution in [0.1, 0.15) is 17.5 Å². The zero-order chi connectivity index (χ0) is 19.3. The summed E-state index contributed by atoms with van der Waals surface area (Å²) >= 11 is 0. The maximum Gasteiger partial charge on any atom is 0.223 e. The van der Waals surface area contributed by atoms with E-state index in [1.54, 1.807) is 12.1 Å². The summed E-state index contributed by atoms with van der Waals surface area (Å²) in [7, 11) is 0. The van der Waals surface area contributed by atoms with Gasteiger partial charge in [-0.3, -0.25) is 4.79 Å². The van der Waals surface area contributed by atoms with E-state index in [-0.39, 0.29) is 11.7 Å². The highest BCUT2D eigenvalue weighted by atomic mass is 19.1. The number of amides is 1. The average Bonchev–Trinajstić information content (AvgIpc) is 3.20. The highest BCUT2D eigenvalue weighted by Gasteiger charge is 2.21. The zero-order valence-corrected chi connectivity index (χ0v) is 16.0. The monoisotopic (exact) mass is 383 g/mol. The normalized spacial score (nSPS) is 16.0. The molecule has 1 saturated heterocycles. The van der Waals surface area contributed by atoms with Gasteiger partial charge in [0.05, 0.1) is 6.61 Å². The Kier molecular flexibility index (Phi) is 5.76. The van der Waals surface area contributed by atoms with E-state index in [1.165, 1.54) is 23.3 Å². The second-order valence-corrected chi connectivity index (χ2v) is 7.31. The quantitative estimate of drug-likeness (QED) is 0.779. The Hall–Kier alpha value is -2.60. The van der Waals surface area contributed by atoms with Crippen LogP contribution in [-0.2, 0) is 17.8 Å². The van der Waals surface area contributed by atoms with E-state index in [2.05, 4.69) is 22.3 Å². The number of anilines is 1. The standard InChI is InChI=1S/C22H26FN3O2/c23-19-2-4-20(5-3-19)25-10-12-26(13-11-25)22(27)7-9-24-16-17-1-6-21-18(15-17)8-14-28-21/h1-6,15,24H,7-14,16H2. The van der Waals surface area contributed by atoms with Crippen molar-refractivity contribution in [3.8, 4) is 5.75 Å². The minimum Gasteiger partial charge on any atom is -0.493 e. The lowest BCUT2D eigenvalue weighted by Crippen LogP contribution is -2.49. The van der Waals surface area contributed by atoms with Crippen LogP contribution < -0.4 is 15.0 Å². The Morgan fingerprint density at radius 2 is 1.86 bits per heavy atom. The molecule has 2 aromatic carbocycles. The number of hydrogen-bond acceptors (Lipinski definition) is 4. The van der Waals surface area contributed by atoms with Crippen LogP contribution >= 0.6 is 0 Å². The van der Waals surface area contributed by atoms with Gasteiger partial charge in [0, 0.05) is 57.8 Å². The lowest BCUT2D eigenvalue weighted by Gasteiger charge is -2.36. The molecule has 0 bridgehead atoms. The molecule has 1 fully saturated rings. The van der Waals surface area contributed by atoms with E-state index in [0.717, 1.165) is 44.1 Å². The number of carbonyl (C=O) groups is 1. The molecule has 4 rings (SSSR count). The Labute approximate surface area is 165 Å². The zero-order valence-electron chi connectivity index (χ0n) is 16.0. The van der Waals surface area contributed by atoms with Crippen molar-refractivity contribution in [2.75, 3.05) is 44.2 Å². The number of fused-ring (bicyclic) bond motifs is 1. The van der Waals surface area contributed by atoms with Gasteiger partial charge in [-0.15, -0.1) is 0 Å². The van der Waals surface area contributed by atoms with Gasteiger partial charge in [0.15, 0.2) is 0 Å². The molecule has 0 saturated carbocycles. The van der Waals surface area contributed by atoms with Gasteiger partial charge in [0.2, 0.25) is 5.91 Å². The average molecular weight is 383 g/mol. The molecule has 1 amide bonds. The van der Waals surface area contributed by atoms with Crippen molar-refractivity contribution < 1.29 is 13.9 Å². The molecule has 0 atom stereocenters. The second kappa shape index (κ2) is 8.61. The molecule has 28 heavy (non-hydrogen) atoms. The first-order chi connectivity index (χ1) is 13.7. The summed E-state index contributed by atoms with van der Waals surface area (Å²) in [6.45, 7) is 5.19. The first-order valence-electron chi connectivity index (χ1n) is 9.93. The number of nitrogens with one attached hydrogen (secondary N) is 1. The number of piperazine rings is 1. The smallest absolute Gasteiger partial charge is 0.223 e. The first kappa shape index (κ1) is 18.7. The van der Waals surface area contributed by atoms with Crippen LogP contribution in [0, 0.1) is 5.82 Å². The molecule has 0 radical (unpaired) electrons. The number of carbonyl (C=O) groups excluding carboxylic acids is 1. The maximum atomic E-state index is 13.1. The first-order valence-corrected chi connectivity index (χ1v) is 9.93. The van der Waals surface area contributed by atoms with Crippen molar-refractivity contribution in [1.82, 2.24) is 10.2 Å². The van der Waals surface area contributed by atoms with Crippen molar-refractivity contribution in [3.63, 3.8) is 0 Å². The van der Waals surface area contributed by atoms with Gasteiger partial charge in [0.1, 0.15) is 11.6 Å². The third-order valence-electron chi connectivity index (χ3n) is 5.42. The minimum absolute atomic E-state index is 0.189. The topological polar surface area (TPSA) is 44.8 Å². The van der Waals surface area contributed by atoms with Crippen molar-refractivity contribution in [3.05, 3.63) is 59.4 Å². The third-order valence-corrected chi connectivity index (χ3v) is 5.42. The highest BCUT2D eigenvalue weighted by molar-refractivity contribution is 5.76. The largest absolute Gasteiger partial charge is 0.493 e. The number of benzene rings is 2. The van der Waals surface area contributed by atoms with E-state index in [0.29, 0.717) is 26.1 Å². The fourth-order valence-electron chi connectivity index (χ4n) is 3.80. The van der Waals surface area contributed by atoms with Gasteiger partial charge in [-0.1, -0.05) is 12.1 Å². The number of hydrogen-bond donors (Lipinski definition) is 1. The summed E-state index contributed by atoms with van der Waals surface area (Å²) in [6.07, 6.45) is 1.48. The molecule has 0 aromatic heterocycles. The fourth-order valence-corrected chi connectivity index (χ4v) is 3.80. The number of rotatable bonds is 6. The van der Waals surface area contributed by atoms with Crippen LogP contribution in [0.2, 0.25) is 0 Å². The molecule has 1 N–H and O–H groups in total. The predicted molar refractivity (Wildman–Crippen MR) is 107 cm³/mol. The summed E-state index contributed by atoms with van der Waals surface area (Å²) in [5, 5.41) is 3.37. The van der Waals surface area contributed by atoms with Crippen LogP contribution in [-0.4, -0.2) is 50.1 Å². The molecule has 2 aromatic rings. The van der Waals surface area contributed by atoms with Crippen LogP contribution in [0.5, 0.6) is 5.75 Å². The lowest BCUT2D eigenvalue weighted by molar-refractivity contribution is -0.131. The Morgan fingerprint density at radius 3 is 2.64 bits per heavy atom. The van der Waals surface area contributed by atoms with Crippen molar-refractivity contribution >= 4 is 11.6 Å². The Morgan fingerprint density at radius 1 is 1.07 bits per heavy atom. The van der Waals surface area contributed by atoms with Crippen molar-refractivity contribution in [1.29, 1.82) is 0 Å². The SMILES string of the molecule is O=C(CCNCc1ccc2c(c1)CCO2)N1CCN(c2ccc(F)cc2)CC1. The molecule has 2 heterocycles. The molecule has 148 valence electrons. The molecule has 6 heteroatoms. The minimum atomic E-state index is -0.224. The summed E-state index contributed by atoms with van der Waals surface area (Å²) in [5.41, 5.74) is 3.51. The van der Waals surface area contributed by atoms with E-state index >= 15 is 0 Å². The van der Waals surface area contributed by atoms with E-state index in [1.807, 2.05) is 11.0 Å². The molecular weight excluding hydrogens is 357 g/mol. The summed E-state index contributed by atoms with van der Waals surface area (Å²) < 4.78 is 18.6. The Bertz CT molecular complexity index is 817. The molecular formula is C22H26FN3O2. The third kappa shape index (κ3) is 4.44. The van der Waals surface area contributed by atoms with Gasteiger partial charge in [-0.05, 0) is 41.5 Å². The number of ether oxygens (including phenoxy) is 1. The highest BCUT2D eigenvalue weighted by Crippen LogP contribution is 2.25. The van der Waals surface area contributed by atoms with Crippen LogP contribution in [0.4, 0.5) is 10.1 Å². The summed E-state index contributed by atoms with van der Waals surface area (Å²) in [4.78, 5) is 16.6. The molecule has 0 aliphatic carbocycles. The van der Waals surface area contributed by atoms with Gasteiger partial charge in [0.25, 0.3) is 0 Å². The van der Waals surface area contributed by atoms with Gasteiger partial charge in [-0.25, -0.2) is 4.39 Å². The van der Waals surface area contributed by atoms with E-state index < -0.39 is 0 Å². The number of nitrogens with zero attached hydrogens (tertiary/aromatic N) is 2. The second-order valence-electron chi connectivity index (χ2n) is 7.31. The van der Waals surface area contributed by atoms with E-state index in [9.17, 15) is 9.18 Å². The van der Waals surface area contributed by atoms with Crippen LogP contribution in [0.3, 0.4) is 0 Å². The molecule has 0 spiro atoms. The fraction of sp³-hybridized carbons (Fsp3) is 0.409. The molecule has 0 unspecified atom stereocenters. The number of halogens is 1. The van der Waals surface area contributed by atoms with Crippen LogP contribution in [0.25, 0.3) is 0 Å². The van der Waals surface area contributed by atoms with Gasteiger partial charge in [-0.2, -0.15) is 0 Å². The van der Waals surface area contributed by atoms with Crippen molar-refractivity contribution in [2.24, 2.45) is 0 Å². The molecule has 2 aliphatic heterocycles. The Balaban J connectivity index is 1.17.